The molecule has 2 heterocycles. The van der Waals surface area contributed by atoms with Crippen LogP contribution in [0.4, 0.5) is 0 Å². The third-order valence-corrected chi connectivity index (χ3v) is 4.65. The van der Waals surface area contributed by atoms with E-state index < -0.39 is 0 Å². The number of rotatable bonds is 4. The van der Waals surface area contributed by atoms with Gasteiger partial charge in [-0.3, -0.25) is 4.79 Å². The van der Waals surface area contributed by atoms with Crippen molar-refractivity contribution in [1.82, 2.24) is 10.3 Å². The first-order valence-electron chi connectivity index (χ1n) is 7.52. The minimum Gasteiger partial charge on any atom is -0.472 e. The molecule has 2 aromatic heterocycles. The number of aromatic nitrogens is 1. The van der Waals surface area contributed by atoms with Gasteiger partial charge in [-0.15, -0.1) is 11.3 Å². The standard InChI is InChI=1S/C19H14N2O2S/c22-19(15-5-6-17-18(9-15)24-12-21-17)20-10-13-1-3-14(4-2-13)16-7-8-23-11-16/h1-9,11-12H,10H2,(H,20,22). The molecule has 118 valence electrons. The van der Waals surface area contributed by atoms with Crippen LogP contribution in [0.2, 0.25) is 0 Å². The molecule has 0 spiro atoms. The molecule has 4 rings (SSSR count). The van der Waals surface area contributed by atoms with Gasteiger partial charge in [0.05, 0.1) is 28.3 Å². The molecule has 0 bridgehead atoms. The maximum Gasteiger partial charge on any atom is 0.251 e. The number of benzene rings is 2. The van der Waals surface area contributed by atoms with Crippen LogP contribution in [-0.4, -0.2) is 10.9 Å². The third-order valence-electron chi connectivity index (χ3n) is 3.85. The van der Waals surface area contributed by atoms with E-state index in [-0.39, 0.29) is 5.91 Å². The van der Waals surface area contributed by atoms with Crippen molar-refractivity contribution in [3.05, 3.63) is 77.7 Å². The fraction of sp³-hybridized carbons (Fsp3) is 0.0526. The number of hydrogen-bond acceptors (Lipinski definition) is 4. The average molecular weight is 334 g/mol. The largest absolute Gasteiger partial charge is 0.472 e. The first kappa shape index (κ1) is 14.7. The van der Waals surface area contributed by atoms with Crippen LogP contribution in [0.3, 0.4) is 0 Å². The molecular formula is C19H14N2O2S. The summed E-state index contributed by atoms with van der Waals surface area (Å²) in [7, 11) is 0. The summed E-state index contributed by atoms with van der Waals surface area (Å²) in [6.07, 6.45) is 3.37. The summed E-state index contributed by atoms with van der Waals surface area (Å²) in [5.74, 6) is -0.0794. The molecule has 0 atom stereocenters. The molecule has 1 N–H and O–H groups in total. The van der Waals surface area contributed by atoms with Crippen molar-refractivity contribution in [3.8, 4) is 11.1 Å². The lowest BCUT2D eigenvalue weighted by molar-refractivity contribution is 0.0951. The second-order valence-corrected chi connectivity index (χ2v) is 6.31. The first-order valence-corrected chi connectivity index (χ1v) is 8.40. The number of furan rings is 1. The molecule has 1 amide bonds. The van der Waals surface area contributed by atoms with Crippen molar-refractivity contribution in [3.63, 3.8) is 0 Å². The highest BCUT2D eigenvalue weighted by Crippen LogP contribution is 2.21. The third kappa shape index (κ3) is 2.94. The van der Waals surface area contributed by atoms with Crippen LogP contribution < -0.4 is 5.32 Å². The zero-order chi connectivity index (χ0) is 16.4. The molecule has 4 nitrogen and oxygen atoms in total. The highest BCUT2D eigenvalue weighted by atomic mass is 32.1. The zero-order valence-electron chi connectivity index (χ0n) is 12.7. The van der Waals surface area contributed by atoms with Gasteiger partial charge in [0.15, 0.2) is 0 Å². The van der Waals surface area contributed by atoms with Gasteiger partial charge in [-0.2, -0.15) is 0 Å². The van der Waals surface area contributed by atoms with E-state index in [1.807, 2.05) is 42.5 Å². The average Bonchev–Trinajstić information content (AvgIpc) is 3.30. The Morgan fingerprint density at radius 2 is 1.96 bits per heavy atom. The summed E-state index contributed by atoms with van der Waals surface area (Å²) < 4.78 is 6.11. The topological polar surface area (TPSA) is 55.1 Å². The van der Waals surface area contributed by atoms with E-state index in [1.54, 1.807) is 24.1 Å². The van der Waals surface area contributed by atoms with Gasteiger partial charge in [0.2, 0.25) is 0 Å². The maximum absolute atomic E-state index is 12.3. The van der Waals surface area contributed by atoms with Gasteiger partial charge in [0.1, 0.15) is 0 Å². The number of nitrogens with one attached hydrogen (secondary N) is 1. The SMILES string of the molecule is O=C(NCc1ccc(-c2ccoc2)cc1)c1ccc2ncsc2c1. The Kier molecular flexibility index (Phi) is 3.84. The fourth-order valence-corrected chi connectivity index (χ4v) is 3.24. The van der Waals surface area contributed by atoms with Gasteiger partial charge in [-0.25, -0.2) is 4.98 Å². The Labute approximate surface area is 142 Å². The monoisotopic (exact) mass is 334 g/mol. The van der Waals surface area contributed by atoms with Crippen LogP contribution in [0.25, 0.3) is 21.3 Å². The fourth-order valence-electron chi connectivity index (χ4n) is 2.52. The molecule has 0 unspecified atom stereocenters. The Morgan fingerprint density at radius 3 is 2.75 bits per heavy atom. The quantitative estimate of drug-likeness (QED) is 0.598. The molecule has 0 fully saturated rings. The van der Waals surface area contributed by atoms with Crippen molar-refractivity contribution in [2.45, 2.75) is 6.54 Å². The zero-order valence-corrected chi connectivity index (χ0v) is 13.5. The Hall–Kier alpha value is -2.92. The van der Waals surface area contributed by atoms with E-state index in [9.17, 15) is 4.79 Å². The number of carbonyl (C=O) groups is 1. The molecule has 5 heteroatoms. The molecule has 0 saturated heterocycles. The summed E-state index contributed by atoms with van der Waals surface area (Å²) in [5.41, 5.74) is 6.55. The van der Waals surface area contributed by atoms with E-state index in [1.165, 1.54) is 11.3 Å². The minimum absolute atomic E-state index is 0.0794. The summed E-state index contributed by atoms with van der Waals surface area (Å²) in [6, 6.07) is 15.5. The highest BCUT2D eigenvalue weighted by Gasteiger charge is 2.07. The molecule has 24 heavy (non-hydrogen) atoms. The number of carbonyl (C=O) groups excluding carboxylic acids is 1. The lowest BCUT2D eigenvalue weighted by Crippen LogP contribution is -2.22. The van der Waals surface area contributed by atoms with Gasteiger partial charge in [-0.05, 0) is 35.4 Å². The highest BCUT2D eigenvalue weighted by molar-refractivity contribution is 7.16. The molecule has 2 aromatic carbocycles. The molecule has 0 radical (unpaired) electrons. The number of fused-ring (bicyclic) bond motifs is 1. The van der Waals surface area contributed by atoms with Crippen LogP contribution in [0, 0.1) is 0 Å². The Morgan fingerprint density at radius 1 is 1.08 bits per heavy atom. The normalized spacial score (nSPS) is 10.8. The summed E-state index contributed by atoms with van der Waals surface area (Å²) in [5, 5.41) is 2.95. The van der Waals surface area contributed by atoms with Crippen molar-refractivity contribution >= 4 is 27.5 Å². The van der Waals surface area contributed by atoms with Gasteiger partial charge in [0.25, 0.3) is 5.91 Å². The molecule has 0 aliphatic rings. The van der Waals surface area contributed by atoms with Crippen LogP contribution in [-0.2, 0) is 6.54 Å². The van der Waals surface area contributed by atoms with Gasteiger partial charge < -0.3 is 9.73 Å². The van der Waals surface area contributed by atoms with Crippen molar-refractivity contribution in [1.29, 1.82) is 0 Å². The molecule has 4 aromatic rings. The number of nitrogens with zero attached hydrogens (tertiary/aromatic N) is 1. The number of hydrogen-bond donors (Lipinski definition) is 1. The van der Waals surface area contributed by atoms with Crippen LogP contribution in [0.5, 0.6) is 0 Å². The minimum atomic E-state index is -0.0794. The predicted molar refractivity (Wildman–Crippen MR) is 94.9 cm³/mol. The van der Waals surface area contributed by atoms with Gasteiger partial charge >= 0.3 is 0 Å². The second kappa shape index (κ2) is 6.29. The van der Waals surface area contributed by atoms with Crippen LogP contribution in [0.1, 0.15) is 15.9 Å². The summed E-state index contributed by atoms with van der Waals surface area (Å²) >= 11 is 1.53. The second-order valence-electron chi connectivity index (χ2n) is 5.43. The van der Waals surface area contributed by atoms with Gasteiger partial charge in [0, 0.05) is 17.7 Å². The molecule has 0 aliphatic carbocycles. The predicted octanol–water partition coefficient (Wildman–Crippen LogP) is 4.49. The molecular weight excluding hydrogens is 320 g/mol. The van der Waals surface area contributed by atoms with E-state index in [2.05, 4.69) is 10.3 Å². The van der Waals surface area contributed by atoms with Crippen molar-refractivity contribution in [2.75, 3.05) is 0 Å². The number of amides is 1. The van der Waals surface area contributed by atoms with Crippen LogP contribution in [0.15, 0.2) is 71.0 Å². The van der Waals surface area contributed by atoms with E-state index in [0.29, 0.717) is 12.1 Å². The van der Waals surface area contributed by atoms with Crippen LogP contribution >= 0.6 is 11.3 Å². The Balaban J connectivity index is 1.43. The molecule has 0 aliphatic heterocycles. The Bertz CT molecular complexity index is 972. The maximum atomic E-state index is 12.3. The first-order chi connectivity index (χ1) is 11.8. The van der Waals surface area contributed by atoms with E-state index in [4.69, 9.17) is 4.42 Å². The smallest absolute Gasteiger partial charge is 0.251 e. The van der Waals surface area contributed by atoms with E-state index >= 15 is 0 Å². The van der Waals surface area contributed by atoms with Crippen molar-refractivity contribution < 1.29 is 9.21 Å². The molecule has 0 saturated carbocycles. The summed E-state index contributed by atoms with van der Waals surface area (Å²) in [4.78, 5) is 16.5. The van der Waals surface area contributed by atoms with Crippen molar-refractivity contribution in [2.24, 2.45) is 0 Å². The van der Waals surface area contributed by atoms with Gasteiger partial charge in [-0.1, -0.05) is 24.3 Å². The lowest BCUT2D eigenvalue weighted by atomic mass is 10.1. The number of thiazole rings is 1. The van der Waals surface area contributed by atoms with E-state index in [0.717, 1.165) is 26.9 Å². The lowest BCUT2D eigenvalue weighted by Gasteiger charge is -2.06. The summed E-state index contributed by atoms with van der Waals surface area (Å²) in [6.45, 7) is 0.491.